The molecule has 1 saturated carbocycles. The van der Waals surface area contributed by atoms with Gasteiger partial charge in [0.1, 0.15) is 53.3 Å². The molecular weight excluding hydrogens is 708 g/mol. The molecule has 9 nitrogen and oxygen atoms in total. The molecule has 51 heavy (non-hydrogen) atoms. The van der Waals surface area contributed by atoms with Crippen LogP contribution in [0.25, 0.3) is 32.1 Å². The number of nitrogens with two attached hydrogens (primary N) is 1. The predicted octanol–water partition coefficient (Wildman–Crippen LogP) is 7.12. The number of benzene rings is 2. The molecule has 0 spiro atoms. The summed E-state index contributed by atoms with van der Waals surface area (Å²) in [5.74, 6) is -1.30. The Kier molecular flexibility index (Phi) is 7.64. The van der Waals surface area contributed by atoms with Gasteiger partial charge < -0.3 is 24.8 Å². The van der Waals surface area contributed by atoms with Crippen molar-refractivity contribution in [3.63, 3.8) is 0 Å². The Labute approximate surface area is 299 Å². The van der Waals surface area contributed by atoms with Crippen molar-refractivity contribution in [1.82, 2.24) is 14.9 Å². The van der Waals surface area contributed by atoms with E-state index in [0.29, 0.717) is 31.7 Å². The van der Waals surface area contributed by atoms with Crippen LogP contribution >= 0.6 is 22.9 Å². The summed E-state index contributed by atoms with van der Waals surface area (Å²) in [4.78, 5) is 13.5. The minimum atomic E-state index is -1.28. The van der Waals surface area contributed by atoms with Crippen molar-refractivity contribution >= 4 is 54.7 Å². The van der Waals surface area contributed by atoms with E-state index in [0.717, 1.165) is 36.3 Å². The van der Waals surface area contributed by atoms with Crippen molar-refractivity contribution in [2.24, 2.45) is 5.92 Å². The number of halogens is 5. The van der Waals surface area contributed by atoms with Crippen LogP contribution in [0.3, 0.4) is 0 Å². The summed E-state index contributed by atoms with van der Waals surface area (Å²) < 4.78 is 80.4. The number of fused-ring (bicyclic) bond motifs is 4. The van der Waals surface area contributed by atoms with E-state index in [9.17, 15) is 14.0 Å². The summed E-state index contributed by atoms with van der Waals surface area (Å²) in [5, 5.41) is 10.3. The van der Waals surface area contributed by atoms with Crippen LogP contribution in [0.2, 0.25) is 5.02 Å². The molecule has 5 atom stereocenters. The Morgan fingerprint density at radius 3 is 2.84 bits per heavy atom. The van der Waals surface area contributed by atoms with Gasteiger partial charge in [-0.05, 0) is 49.9 Å². The fraction of sp³-hybridized carbons (Fsp3) is 0.472. The maximum absolute atomic E-state index is 17.3. The summed E-state index contributed by atoms with van der Waals surface area (Å²) >= 11 is 7.97. The molecule has 2 N–H and O–H groups in total. The van der Waals surface area contributed by atoms with E-state index in [1.54, 1.807) is 6.92 Å². The van der Waals surface area contributed by atoms with E-state index >= 15 is 8.78 Å². The number of anilines is 2. The van der Waals surface area contributed by atoms with Crippen molar-refractivity contribution in [2.75, 3.05) is 56.7 Å². The van der Waals surface area contributed by atoms with Crippen LogP contribution < -0.4 is 20.1 Å². The standard InChI is InChI=1S/C36H33ClF4N6O3S/c1-35(41)8-18(35)7-17-11-47-20(14-48-13-17)15-49-30-26-29(44-34(45-33(26)47)50-16-36-5-2-6-46(36)12-19(38)9-36)28(40)25(27(30)37)21-3-4-23(39)31-24(21)22(10-42)32(43)51-31/h3-4,7,18-20H,2,5-6,8-9,11-16,43H2,1H3/b17-7-/t18?,19-,20?,35?,36+/m1/s1. The summed E-state index contributed by atoms with van der Waals surface area (Å²) in [6.07, 6.45) is 3.32. The third kappa shape index (κ3) is 5.22. The molecule has 4 aromatic rings. The van der Waals surface area contributed by atoms with Crippen LogP contribution in [-0.4, -0.2) is 84.4 Å². The van der Waals surface area contributed by atoms with Gasteiger partial charge in [-0.2, -0.15) is 15.2 Å². The van der Waals surface area contributed by atoms with Crippen LogP contribution in [0.5, 0.6) is 11.8 Å². The van der Waals surface area contributed by atoms with Gasteiger partial charge in [0, 0.05) is 36.4 Å². The third-order valence-corrected chi connectivity index (χ3v) is 12.5. The van der Waals surface area contributed by atoms with Gasteiger partial charge in [0.2, 0.25) is 0 Å². The number of nitriles is 1. The lowest BCUT2D eigenvalue weighted by molar-refractivity contribution is 0.107. The molecule has 4 fully saturated rings. The monoisotopic (exact) mass is 740 g/mol. The number of alkyl halides is 2. The van der Waals surface area contributed by atoms with Gasteiger partial charge in [-0.25, -0.2) is 17.6 Å². The molecule has 0 radical (unpaired) electrons. The minimum Gasteiger partial charge on any atom is -0.489 e. The highest BCUT2D eigenvalue weighted by Gasteiger charge is 2.51. The maximum atomic E-state index is 17.3. The number of rotatable bonds is 5. The van der Waals surface area contributed by atoms with Gasteiger partial charge in [0.15, 0.2) is 11.6 Å². The molecule has 2 aromatic heterocycles. The summed E-state index contributed by atoms with van der Waals surface area (Å²) in [5.41, 5.74) is 5.01. The molecule has 9 rings (SSSR count). The number of thiophene rings is 1. The maximum Gasteiger partial charge on any atom is 0.319 e. The highest BCUT2D eigenvalue weighted by Crippen LogP contribution is 2.52. The normalized spacial score (nSPS) is 29.5. The van der Waals surface area contributed by atoms with Crippen molar-refractivity contribution in [2.45, 2.75) is 56.0 Å². The molecule has 0 bridgehead atoms. The highest BCUT2D eigenvalue weighted by atomic mass is 35.5. The molecule has 0 amide bonds. The number of hydrogen-bond donors (Lipinski definition) is 1. The lowest BCUT2D eigenvalue weighted by atomic mass is 9.95. The average molecular weight is 741 g/mol. The number of nitrogens with zero attached hydrogens (tertiary/aromatic N) is 5. The zero-order valence-corrected chi connectivity index (χ0v) is 29.2. The van der Waals surface area contributed by atoms with Gasteiger partial charge in [-0.3, -0.25) is 4.90 Å². The first-order valence-corrected chi connectivity index (χ1v) is 18.2. The van der Waals surface area contributed by atoms with E-state index in [1.807, 2.05) is 17.0 Å². The quantitative estimate of drug-likeness (QED) is 0.169. The number of aromatic nitrogens is 2. The fourth-order valence-electron chi connectivity index (χ4n) is 8.40. The summed E-state index contributed by atoms with van der Waals surface area (Å²) in [7, 11) is 0. The zero-order valence-electron chi connectivity index (χ0n) is 27.6. The Hall–Kier alpha value is -3.90. The van der Waals surface area contributed by atoms with E-state index in [4.69, 9.17) is 36.5 Å². The van der Waals surface area contributed by atoms with Crippen molar-refractivity contribution in [1.29, 1.82) is 5.26 Å². The molecular formula is C36H33ClF4N6O3S. The third-order valence-electron chi connectivity index (χ3n) is 11.1. The van der Waals surface area contributed by atoms with Crippen molar-refractivity contribution < 1.29 is 31.8 Å². The molecule has 6 heterocycles. The molecule has 15 heteroatoms. The Bertz CT molecular complexity index is 2210. The number of allylic oxidation sites excluding steroid dienone is 1. The largest absolute Gasteiger partial charge is 0.489 e. The van der Waals surface area contributed by atoms with Gasteiger partial charge in [-0.1, -0.05) is 23.7 Å². The summed E-state index contributed by atoms with van der Waals surface area (Å²) in [6, 6.07) is 4.05. The molecule has 266 valence electrons. The van der Waals surface area contributed by atoms with Gasteiger partial charge in [0.25, 0.3) is 0 Å². The minimum absolute atomic E-state index is 0.00670. The van der Waals surface area contributed by atoms with Crippen LogP contribution in [-0.2, 0) is 4.74 Å². The van der Waals surface area contributed by atoms with Crippen LogP contribution in [0.4, 0.5) is 28.4 Å². The predicted molar refractivity (Wildman–Crippen MR) is 186 cm³/mol. The number of ether oxygens (including phenoxy) is 3. The first kappa shape index (κ1) is 33.0. The average Bonchev–Trinajstić information content (AvgIpc) is 3.27. The van der Waals surface area contributed by atoms with Gasteiger partial charge in [0.05, 0.1) is 45.5 Å². The topological polar surface area (TPSA) is 110 Å². The summed E-state index contributed by atoms with van der Waals surface area (Å²) in [6.45, 7) is 3.66. The second-order valence-electron chi connectivity index (χ2n) is 14.5. The number of hydrogen-bond acceptors (Lipinski definition) is 10. The van der Waals surface area contributed by atoms with E-state index in [-0.39, 0.29) is 91.8 Å². The van der Waals surface area contributed by atoms with Crippen LogP contribution in [0.15, 0.2) is 23.8 Å². The van der Waals surface area contributed by atoms with Crippen molar-refractivity contribution in [3.8, 4) is 29.0 Å². The van der Waals surface area contributed by atoms with Crippen LogP contribution in [0.1, 0.15) is 38.2 Å². The molecule has 5 aliphatic rings. The highest BCUT2D eigenvalue weighted by molar-refractivity contribution is 7.23. The Morgan fingerprint density at radius 2 is 2.06 bits per heavy atom. The fourth-order valence-corrected chi connectivity index (χ4v) is 9.68. The second-order valence-corrected chi connectivity index (χ2v) is 16.0. The molecule has 3 unspecified atom stereocenters. The van der Waals surface area contributed by atoms with Gasteiger partial charge >= 0.3 is 6.01 Å². The zero-order chi connectivity index (χ0) is 35.4. The van der Waals surface area contributed by atoms with Crippen LogP contribution in [0, 0.1) is 28.9 Å². The molecule has 3 saturated heterocycles. The SMILES string of the molecule is CC1(F)CC1/C=C1\COCC2COc3c(Cl)c(-c4ccc(F)c5sc(N)c(C#N)c45)c(F)c4nc(OC[C@@]56CCCN5C[C@H](F)C6)nc(c34)N2C1. The molecule has 4 aliphatic heterocycles. The second kappa shape index (κ2) is 11.8. The molecule has 2 aromatic carbocycles. The number of nitrogen functional groups attached to an aromatic ring is 1. The Morgan fingerprint density at radius 1 is 1.24 bits per heavy atom. The Balaban J connectivity index is 1.24. The van der Waals surface area contributed by atoms with Crippen molar-refractivity contribution in [3.05, 3.63) is 46.0 Å². The van der Waals surface area contributed by atoms with E-state index in [1.165, 1.54) is 12.1 Å². The van der Waals surface area contributed by atoms with E-state index in [2.05, 4.69) is 9.88 Å². The lowest BCUT2D eigenvalue weighted by Crippen LogP contribution is -2.43. The first-order valence-electron chi connectivity index (χ1n) is 17.0. The first-order chi connectivity index (χ1) is 24.5. The smallest absolute Gasteiger partial charge is 0.319 e. The van der Waals surface area contributed by atoms with Gasteiger partial charge in [-0.15, -0.1) is 11.3 Å². The van der Waals surface area contributed by atoms with E-state index < -0.39 is 35.1 Å². The molecule has 1 aliphatic carbocycles. The lowest BCUT2D eigenvalue weighted by Gasteiger charge is -2.31.